The van der Waals surface area contributed by atoms with Crippen LogP contribution in [0.2, 0.25) is 0 Å². The molecule has 8 nitrogen and oxygen atoms in total. The molecule has 0 bridgehead atoms. The number of hydrogen-bond acceptors (Lipinski definition) is 6. The summed E-state index contributed by atoms with van der Waals surface area (Å²) in [5, 5.41) is 4.45. The second-order valence-corrected chi connectivity index (χ2v) is 9.59. The number of fused-ring (bicyclic) bond motifs is 1. The first-order chi connectivity index (χ1) is 17.9. The summed E-state index contributed by atoms with van der Waals surface area (Å²) in [6.07, 6.45) is 2.93. The summed E-state index contributed by atoms with van der Waals surface area (Å²) in [6.45, 7) is 0. The molecule has 0 radical (unpaired) electrons. The number of rotatable bonds is 9. The summed E-state index contributed by atoms with van der Waals surface area (Å²) in [7, 11) is 0.697. The van der Waals surface area contributed by atoms with Crippen LogP contribution in [0.3, 0.4) is 0 Å². The Morgan fingerprint density at radius 2 is 1.49 bits per heavy atom. The monoisotopic (exact) mass is 518 g/mol. The normalized spacial score (nSPS) is 11.3. The molecule has 0 aliphatic rings. The fourth-order valence-electron chi connectivity index (χ4n) is 3.84. The molecule has 0 atom stereocenters. The standard InChI is InChI=1S/C28H26N2O6S/c1-34-25-17-11-20(27(35-2)28(25)36-3)12-18-26(31)29-21-13-15-22(16-14-21)37(32,33)30-24-10-6-8-19-7-4-5-9-23(19)24/h4-18,30H,1-3H3,(H,29,31)/b18-12+. The maximum absolute atomic E-state index is 13.0. The first-order valence-electron chi connectivity index (χ1n) is 11.2. The molecule has 4 rings (SSSR count). The van der Waals surface area contributed by atoms with Crippen LogP contribution >= 0.6 is 0 Å². The van der Waals surface area contributed by atoms with E-state index < -0.39 is 15.9 Å². The van der Waals surface area contributed by atoms with Gasteiger partial charge in [0.25, 0.3) is 10.0 Å². The first-order valence-corrected chi connectivity index (χ1v) is 12.7. The van der Waals surface area contributed by atoms with E-state index in [1.54, 1.807) is 30.3 Å². The van der Waals surface area contributed by atoms with Gasteiger partial charge < -0.3 is 19.5 Å². The van der Waals surface area contributed by atoms with Gasteiger partial charge in [0, 0.05) is 22.7 Å². The van der Waals surface area contributed by atoms with Gasteiger partial charge in [0.1, 0.15) is 0 Å². The number of benzene rings is 4. The molecule has 9 heteroatoms. The van der Waals surface area contributed by atoms with Crippen molar-refractivity contribution in [2.24, 2.45) is 0 Å². The Morgan fingerprint density at radius 1 is 0.784 bits per heavy atom. The molecule has 0 aromatic heterocycles. The lowest BCUT2D eigenvalue weighted by molar-refractivity contribution is -0.111. The predicted molar refractivity (Wildman–Crippen MR) is 145 cm³/mol. The lowest BCUT2D eigenvalue weighted by atomic mass is 10.1. The smallest absolute Gasteiger partial charge is 0.261 e. The molecule has 2 N–H and O–H groups in total. The average molecular weight is 519 g/mol. The van der Waals surface area contributed by atoms with Gasteiger partial charge in [-0.15, -0.1) is 0 Å². The van der Waals surface area contributed by atoms with Crippen LogP contribution in [0, 0.1) is 0 Å². The number of ether oxygens (including phenoxy) is 3. The zero-order valence-corrected chi connectivity index (χ0v) is 21.3. The highest BCUT2D eigenvalue weighted by molar-refractivity contribution is 7.92. The molecule has 37 heavy (non-hydrogen) atoms. The molecule has 0 aliphatic heterocycles. The SMILES string of the molecule is COc1ccc(/C=C/C(=O)Nc2ccc(S(=O)(=O)Nc3cccc4ccccc34)cc2)c(OC)c1OC. The largest absolute Gasteiger partial charge is 0.493 e. The minimum atomic E-state index is -3.83. The molecule has 0 aliphatic carbocycles. The molecule has 0 saturated heterocycles. The molecule has 0 fully saturated rings. The van der Waals surface area contributed by atoms with E-state index in [2.05, 4.69) is 10.0 Å². The van der Waals surface area contributed by atoms with E-state index in [4.69, 9.17) is 14.2 Å². The maximum Gasteiger partial charge on any atom is 0.261 e. The van der Waals surface area contributed by atoms with Crippen LogP contribution in [-0.2, 0) is 14.8 Å². The van der Waals surface area contributed by atoms with Crippen LogP contribution in [-0.4, -0.2) is 35.7 Å². The van der Waals surface area contributed by atoms with Crippen molar-refractivity contribution in [3.63, 3.8) is 0 Å². The van der Waals surface area contributed by atoms with Crippen LogP contribution in [0.5, 0.6) is 17.2 Å². The van der Waals surface area contributed by atoms with Gasteiger partial charge in [0.15, 0.2) is 11.5 Å². The molecule has 4 aromatic rings. The highest BCUT2D eigenvalue weighted by Gasteiger charge is 2.16. The molecule has 1 amide bonds. The van der Waals surface area contributed by atoms with Crippen LogP contribution in [0.25, 0.3) is 16.8 Å². The fourth-order valence-corrected chi connectivity index (χ4v) is 4.92. The maximum atomic E-state index is 13.0. The van der Waals surface area contributed by atoms with Crippen molar-refractivity contribution in [1.82, 2.24) is 0 Å². The predicted octanol–water partition coefficient (Wildman–Crippen LogP) is 5.32. The van der Waals surface area contributed by atoms with Crippen LogP contribution < -0.4 is 24.2 Å². The molecule has 0 unspecified atom stereocenters. The first kappa shape index (κ1) is 25.6. The van der Waals surface area contributed by atoms with Gasteiger partial charge >= 0.3 is 0 Å². The lowest BCUT2D eigenvalue weighted by Crippen LogP contribution is -2.13. The van der Waals surface area contributed by atoms with E-state index >= 15 is 0 Å². The quantitative estimate of drug-likeness (QED) is 0.291. The number of methoxy groups -OCH3 is 3. The summed E-state index contributed by atoms with van der Waals surface area (Å²) in [6, 6.07) is 22.3. The number of carbonyl (C=O) groups is 1. The minimum Gasteiger partial charge on any atom is -0.493 e. The third-order valence-electron chi connectivity index (χ3n) is 5.62. The Morgan fingerprint density at radius 3 is 2.19 bits per heavy atom. The van der Waals surface area contributed by atoms with Crippen LogP contribution in [0.15, 0.2) is 89.8 Å². The Balaban J connectivity index is 1.46. The van der Waals surface area contributed by atoms with E-state index in [9.17, 15) is 13.2 Å². The second kappa shape index (κ2) is 11.0. The van der Waals surface area contributed by atoms with Gasteiger partial charge in [-0.2, -0.15) is 0 Å². The number of carbonyl (C=O) groups excluding carboxylic acids is 1. The summed E-state index contributed by atoms with van der Waals surface area (Å²) < 4.78 is 44.6. The summed E-state index contributed by atoms with van der Waals surface area (Å²) in [4.78, 5) is 12.6. The molecule has 0 saturated carbocycles. The lowest BCUT2D eigenvalue weighted by Gasteiger charge is -2.14. The number of sulfonamides is 1. The Hall–Kier alpha value is -4.50. The molecule has 0 spiro atoms. The van der Waals surface area contributed by atoms with Gasteiger partial charge in [-0.1, -0.05) is 36.4 Å². The molecule has 190 valence electrons. The van der Waals surface area contributed by atoms with Gasteiger partial charge in [0.2, 0.25) is 11.7 Å². The van der Waals surface area contributed by atoms with Crippen molar-refractivity contribution in [1.29, 1.82) is 0 Å². The van der Waals surface area contributed by atoms with Gasteiger partial charge in [-0.25, -0.2) is 8.42 Å². The number of nitrogens with one attached hydrogen (secondary N) is 2. The third kappa shape index (κ3) is 5.68. The number of amides is 1. The van der Waals surface area contributed by atoms with Crippen molar-refractivity contribution >= 4 is 44.2 Å². The molecular formula is C28H26N2O6S. The topological polar surface area (TPSA) is 103 Å². The molecular weight excluding hydrogens is 492 g/mol. The molecule has 4 aromatic carbocycles. The third-order valence-corrected chi connectivity index (χ3v) is 7.00. The number of hydrogen-bond donors (Lipinski definition) is 2. The van der Waals surface area contributed by atoms with E-state index in [-0.39, 0.29) is 4.90 Å². The minimum absolute atomic E-state index is 0.0732. The van der Waals surface area contributed by atoms with Gasteiger partial charge in [-0.05, 0) is 53.9 Å². The van der Waals surface area contributed by atoms with E-state index in [1.807, 2.05) is 30.3 Å². The van der Waals surface area contributed by atoms with Gasteiger partial charge in [0.05, 0.1) is 31.9 Å². The zero-order valence-electron chi connectivity index (χ0n) is 20.5. The molecule has 0 heterocycles. The van der Waals surface area contributed by atoms with Crippen molar-refractivity contribution in [3.8, 4) is 17.2 Å². The van der Waals surface area contributed by atoms with Crippen molar-refractivity contribution in [3.05, 3.63) is 90.5 Å². The van der Waals surface area contributed by atoms with Crippen molar-refractivity contribution in [2.45, 2.75) is 4.90 Å². The van der Waals surface area contributed by atoms with Gasteiger partial charge in [-0.3, -0.25) is 9.52 Å². The van der Waals surface area contributed by atoms with Crippen LogP contribution in [0.4, 0.5) is 11.4 Å². The average Bonchev–Trinajstić information content (AvgIpc) is 2.91. The van der Waals surface area contributed by atoms with Crippen LogP contribution in [0.1, 0.15) is 5.56 Å². The van der Waals surface area contributed by atoms with E-state index in [0.717, 1.165) is 10.8 Å². The zero-order chi connectivity index (χ0) is 26.4. The second-order valence-electron chi connectivity index (χ2n) is 7.90. The fraction of sp³-hybridized carbons (Fsp3) is 0.107. The highest BCUT2D eigenvalue weighted by Crippen LogP contribution is 2.40. The summed E-state index contributed by atoms with van der Waals surface area (Å²) >= 11 is 0. The summed E-state index contributed by atoms with van der Waals surface area (Å²) in [5.74, 6) is 0.952. The Labute approximate surface area is 215 Å². The van der Waals surface area contributed by atoms with E-state index in [0.29, 0.717) is 34.2 Å². The highest BCUT2D eigenvalue weighted by atomic mass is 32.2. The number of anilines is 2. The summed E-state index contributed by atoms with van der Waals surface area (Å²) in [5.41, 5.74) is 1.56. The Bertz CT molecular complexity index is 1560. The Kier molecular flexibility index (Phi) is 7.64. The van der Waals surface area contributed by atoms with Crippen molar-refractivity contribution < 1.29 is 27.4 Å². The van der Waals surface area contributed by atoms with Crippen molar-refractivity contribution in [2.75, 3.05) is 31.4 Å². The van der Waals surface area contributed by atoms with E-state index in [1.165, 1.54) is 51.7 Å².